The second kappa shape index (κ2) is 8.57. The number of carbonyl (C=O) groups is 3. The molecule has 0 bridgehead atoms. The monoisotopic (exact) mass is 338 g/mol. The zero-order chi connectivity index (χ0) is 17.6. The number of carboxylic acid groups (broad SMARTS) is 1. The van der Waals surface area contributed by atoms with E-state index in [1.165, 1.54) is 0 Å². The molecule has 0 spiro atoms. The molecule has 0 aliphatic heterocycles. The number of benzene rings is 1. The third kappa shape index (κ3) is 5.28. The summed E-state index contributed by atoms with van der Waals surface area (Å²) in [6.45, 7) is 5.36. The van der Waals surface area contributed by atoms with Gasteiger partial charge in [-0.2, -0.15) is 12.6 Å². The Morgan fingerprint density at radius 3 is 2.26 bits per heavy atom. The van der Waals surface area contributed by atoms with Crippen LogP contribution in [-0.4, -0.2) is 40.7 Å². The minimum Gasteiger partial charge on any atom is -0.480 e. The molecule has 0 radical (unpaired) electrons. The van der Waals surface area contributed by atoms with Crippen molar-refractivity contribution in [1.29, 1.82) is 0 Å². The van der Waals surface area contributed by atoms with Gasteiger partial charge < -0.3 is 15.7 Å². The van der Waals surface area contributed by atoms with Gasteiger partial charge in [-0.15, -0.1) is 0 Å². The Balaban J connectivity index is 2.87. The number of thiol groups is 1. The highest BCUT2D eigenvalue weighted by molar-refractivity contribution is 7.80. The largest absolute Gasteiger partial charge is 0.480 e. The summed E-state index contributed by atoms with van der Waals surface area (Å²) in [6.07, 6.45) is 0. The van der Waals surface area contributed by atoms with E-state index in [0.717, 1.165) is 5.56 Å². The molecule has 1 rings (SSSR count). The number of aryl methyl sites for hydroxylation is 1. The molecular formula is C16H22N2O4S. The first kappa shape index (κ1) is 19.0. The van der Waals surface area contributed by atoms with Gasteiger partial charge in [-0.25, -0.2) is 4.79 Å². The lowest BCUT2D eigenvalue weighted by molar-refractivity contribution is -0.141. The summed E-state index contributed by atoms with van der Waals surface area (Å²) in [5, 5.41) is 14.1. The van der Waals surface area contributed by atoms with E-state index >= 15 is 0 Å². The lowest BCUT2D eigenvalue weighted by Crippen LogP contribution is -2.54. The Morgan fingerprint density at radius 1 is 1.17 bits per heavy atom. The maximum absolute atomic E-state index is 12.4. The van der Waals surface area contributed by atoms with Gasteiger partial charge in [0.25, 0.3) is 5.91 Å². The van der Waals surface area contributed by atoms with Crippen LogP contribution in [0.15, 0.2) is 24.3 Å². The minimum absolute atomic E-state index is 0.0301. The molecule has 126 valence electrons. The second-order valence-corrected chi connectivity index (χ2v) is 5.96. The van der Waals surface area contributed by atoms with E-state index in [-0.39, 0.29) is 17.6 Å². The Bertz CT molecular complexity index is 589. The van der Waals surface area contributed by atoms with Crippen LogP contribution in [0.5, 0.6) is 0 Å². The molecule has 1 aromatic carbocycles. The second-order valence-electron chi connectivity index (χ2n) is 5.59. The van der Waals surface area contributed by atoms with Gasteiger partial charge in [-0.1, -0.05) is 32.0 Å². The summed E-state index contributed by atoms with van der Waals surface area (Å²) in [4.78, 5) is 35.6. The summed E-state index contributed by atoms with van der Waals surface area (Å²) in [5.74, 6) is -2.30. The van der Waals surface area contributed by atoms with Crippen LogP contribution in [0.2, 0.25) is 0 Å². The molecule has 7 heteroatoms. The topological polar surface area (TPSA) is 95.5 Å². The van der Waals surface area contributed by atoms with Crippen LogP contribution in [0, 0.1) is 12.8 Å². The highest BCUT2D eigenvalue weighted by atomic mass is 32.1. The van der Waals surface area contributed by atoms with Crippen molar-refractivity contribution >= 4 is 30.4 Å². The fourth-order valence-corrected chi connectivity index (χ4v) is 2.28. The molecule has 3 N–H and O–H groups in total. The van der Waals surface area contributed by atoms with E-state index in [1.54, 1.807) is 39.0 Å². The number of rotatable bonds is 7. The van der Waals surface area contributed by atoms with Crippen LogP contribution in [0.1, 0.15) is 29.8 Å². The minimum atomic E-state index is -1.17. The first-order chi connectivity index (χ1) is 10.8. The summed E-state index contributed by atoms with van der Waals surface area (Å²) >= 11 is 3.91. The van der Waals surface area contributed by atoms with Crippen molar-refractivity contribution in [1.82, 2.24) is 10.6 Å². The first-order valence-corrected chi connectivity index (χ1v) is 7.91. The molecule has 0 aliphatic rings. The Hall–Kier alpha value is -2.02. The van der Waals surface area contributed by atoms with E-state index in [1.807, 2.05) is 6.07 Å². The normalized spacial score (nSPS) is 13.3. The fourth-order valence-electron chi connectivity index (χ4n) is 2.03. The first-order valence-electron chi connectivity index (χ1n) is 7.28. The van der Waals surface area contributed by atoms with Gasteiger partial charge in [0.2, 0.25) is 5.91 Å². The van der Waals surface area contributed by atoms with E-state index in [4.69, 9.17) is 5.11 Å². The van der Waals surface area contributed by atoms with Crippen molar-refractivity contribution in [3.8, 4) is 0 Å². The maximum Gasteiger partial charge on any atom is 0.327 e. The molecule has 2 amide bonds. The fraction of sp³-hybridized carbons (Fsp3) is 0.438. The van der Waals surface area contributed by atoms with Crippen molar-refractivity contribution in [2.24, 2.45) is 5.92 Å². The lowest BCUT2D eigenvalue weighted by atomic mass is 10.0. The third-order valence-electron chi connectivity index (χ3n) is 3.42. The average Bonchev–Trinajstić information content (AvgIpc) is 2.49. The summed E-state index contributed by atoms with van der Waals surface area (Å²) in [6, 6.07) is 5.12. The van der Waals surface area contributed by atoms with Gasteiger partial charge in [-0.3, -0.25) is 9.59 Å². The van der Waals surface area contributed by atoms with Crippen LogP contribution < -0.4 is 10.6 Å². The number of nitrogens with one attached hydrogen (secondary N) is 2. The lowest BCUT2D eigenvalue weighted by Gasteiger charge is -2.23. The molecule has 1 aromatic rings. The van der Waals surface area contributed by atoms with Crippen LogP contribution in [0.3, 0.4) is 0 Å². The number of carboxylic acids is 1. The zero-order valence-corrected chi connectivity index (χ0v) is 14.3. The molecule has 0 fully saturated rings. The number of carbonyl (C=O) groups excluding carboxylic acids is 2. The van der Waals surface area contributed by atoms with Gasteiger partial charge in [0.15, 0.2) is 0 Å². The van der Waals surface area contributed by atoms with Crippen molar-refractivity contribution in [3.05, 3.63) is 35.4 Å². The molecule has 0 saturated heterocycles. The van der Waals surface area contributed by atoms with E-state index < -0.39 is 24.0 Å². The standard InChI is InChI=1S/C16H22N2O4S/c1-9(2)13(15(20)17-12(8-23)16(21)22)18-14(19)11-7-5-4-6-10(11)3/h4-7,9,12-13,23H,8H2,1-3H3,(H,17,20)(H,18,19)(H,21,22)/t12-,13-/m1/s1. The Kier molecular flexibility index (Phi) is 7.09. The average molecular weight is 338 g/mol. The van der Waals surface area contributed by atoms with Crippen molar-refractivity contribution in [2.45, 2.75) is 32.9 Å². The van der Waals surface area contributed by atoms with E-state index in [2.05, 4.69) is 23.3 Å². The quantitative estimate of drug-likeness (QED) is 0.563. The van der Waals surface area contributed by atoms with Gasteiger partial charge in [0.05, 0.1) is 0 Å². The molecule has 6 nitrogen and oxygen atoms in total. The Labute approximate surface area is 141 Å². The third-order valence-corrected chi connectivity index (χ3v) is 3.79. The number of hydrogen-bond acceptors (Lipinski definition) is 4. The van der Waals surface area contributed by atoms with Gasteiger partial charge >= 0.3 is 5.97 Å². The van der Waals surface area contributed by atoms with Gasteiger partial charge in [0, 0.05) is 11.3 Å². The van der Waals surface area contributed by atoms with Gasteiger partial charge in [0.1, 0.15) is 12.1 Å². The van der Waals surface area contributed by atoms with Crippen molar-refractivity contribution in [3.63, 3.8) is 0 Å². The highest BCUT2D eigenvalue weighted by Gasteiger charge is 2.28. The summed E-state index contributed by atoms with van der Waals surface area (Å²) in [7, 11) is 0. The van der Waals surface area contributed by atoms with Crippen LogP contribution in [0.4, 0.5) is 0 Å². The molecule has 0 unspecified atom stereocenters. The predicted octanol–water partition coefficient (Wildman–Crippen LogP) is 1.25. The molecule has 23 heavy (non-hydrogen) atoms. The highest BCUT2D eigenvalue weighted by Crippen LogP contribution is 2.09. The van der Waals surface area contributed by atoms with Gasteiger partial charge in [-0.05, 0) is 24.5 Å². The predicted molar refractivity (Wildman–Crippen MR) is 90.7 cm³/mol. The number of aliphatic carboxylic acids is 1. The summed E-state index contributed by atoms with van der Waals surface area (Å²) < 4.78 is 0. The van der Waals surface area contributed by atoms with Crippen molar-refractivity contribution < 1.29 is 19.5 Å². The molecule has 2 atom stereocenters. The molecule has 0 heterocycles. The Morgan fingerprint density at radius 2 is 1.78 bits per heavy atom. The molecule has 0 aliphatic carbocycles. The molecule has 0 aromatic heterocycles. The molecule has 0 saturated carbocycles. The number of hydrogen-bond donors (Lipinski definition) is 4. The van der Waals surface area contributed by atoms with Crippen molar-refractivity contribution in [2.75, 3.05) is 5.75 Å². The zero-order valence-electron chi connectivity index (χ0n) is 13.4. The number of amides is 2. The van der Waals surface area contributed by atoms with Crippen LogP contribution >= 0.6 is 12.6 Å². The smallest absolute Gasteiger partial charge is 0.327 e. The van der Waals surface area contributed by atoms with E-state index in [9.17, 15) is 14.4 Å². The maximum atomic E-state index is 12.4. The SMILES string of the molecule is Cc1ccccc1C(=O)N[C@@H](C(=O)N[C@H](CS)C(=O)O)C(C)C. The van der Waals surface area contributed by atoms with Crippen LogP contribution in [0.25, 0.3) is 0 Å². The summed E-state index contributed by atoms with van der Waals surface area (Å²) in [5.41, 5.74) is 1.28. The van der Waals surface area contributed by atoms with E-state index in [0.29, 0.717) is 5.56 Å². The molecular weight excluding hydrogens is 316 g/mol. The van der Waals surface area contributed by atoms with Crippen LogP contribution in [-0.2, 0) is 9.59 Å².